The van der Waals surface area contributed by atoms with Crippen LogP contribution in [0, 0.1) is 6.92 Å². The zero-order chi connectivity index (χ0) is 21.5. The van der Waals surface area contributed by atoms with E-state index >= 15 is 0 Å². The number of benzene rings is 1. The van der Waals surface area contributed by atoms with Crippen molar-refractivity contribution in [3.8, 4) is 11.6 Å². The van der Waals surface area contributed by atoms with Crippen molar-refractivity contribution in [2.75, 3.05) is 6.73 Å². The molecule has 1 aliphatic carbocycles. The van der Waals surface area contributed by atoms with Crippen molar-refractivity contribution < 1.29 is 14.6 Å². The smallest absolute Gasteiger partial charge is 0.260 e. The number of aliphatic hydroxyl groups is 1. The molecule has 0 saturated heterocycles. The number of fused-ring (bicyclic) bond motifs is 1. The molecule has 1 amide bonds. The molecule has 3 heterocycles. The quantitative estimate of drug-likeness (QED) is 0.674. The van der Waals surface area contributed by atoms with Crippen molar-refractivity contribution in [1.29, 1.82) is 0 Å². The number of ether oxygens (including phenoxy) is 1. The lowest BCUT2D eigenvalue weighted by Crippen LogP contribution is -2.48. The van der Waals surface area contributed by atoms with Gasteiger partial charge in [0.05, 0.1) is 22.7 Å². The molecule has 3 aromatic rings. The lowest BCUT2D eigenvalue weighted by Gasteiger charge is -2.35. The molecule has 2 aliphatic rings. The number of carbonyl (C=O) groups excluding carboxylic acids is 1. The number of pyridine rings is 1. The summed E-state index contributed by atoms with van der Waals surface area (Å²) < 4.78 is 7.72. The Morgan fingerprint density at radius 3 is 2.87 bits per heavy atom. The van der Waals surface area contributed by atoms with Crippen LogP contribution < -0.4 is 4.74 Å². The van der Waals surface area contributed by atoms with Crippen LogP contribution in [0.15, 0.2) is 43.1 Å². The number of imidazole rings is 1. The lowest BCUT2D eigenvalue weighted by atomic mass is 9.96. The highest BCUT2D eigenvalue weighted by molar-refractivity contribution is 6.33. The Morgan fingerprint density at radius 2 is 2.19 bits per heavy atom. The van der Waals surface area contributed by atoms with Crippen molar-refractivity contribution in [2.24, 2.45) is 0 Å². The fraction of sp³-hybridized carbons (Fsp3) is 0.348. The van der Waals surface area contributed by atoms with Crippen LogP contribution in [-0.4, -0.2) is 49.3 Å². The Balaban J connectivity index is 1.43. The number of halogens is 1. The zero-order valence-electron chi connectivity index (χ0n) is 17.2. The van der Waals surface area contributed by atoms with Crippen molar-refractivity contribution in [2.45, 2.75) is 44.8 Å². The van der Waals surface area contributed by atoms with E-state index in [2.05, 4.69) is 9.97 Å². The summed E-state index contributed by atoms with van der Waals surface area (Å²) in [6, 6.07) is 5.61. The number of hydrogen-bond donors (Lipinski definition) is 1. The van der Waals surface area contributed by atoms with Gasteiger partial charge in [0.15, 0.2) is 12.5 Å². The Labute approximate surface area is 185 Å². The molecule has 2 atom stereocenters. The van der Waals surface area contributed by atoms with E-state index in [4.69, 9.17) is 16.3 Å². The summed E-state index contributed by atoms with van der Waals surface area (Å²) >= 11 is 6.61. The predicted octanol–water partition coefficient (Wildman–Crippen LogP) is 3.53. The molecule has 1 saturated carbocycles. The molecule has 0 unspecified atom stereocenters. The van der Waals surface area contributed by atoms with E-state index in [1.807, 2.05) is 42.1 Å². The predicted molar refractivity (Wildman–Crippen MR) is 116 cm³/mol. The van der Waals surface area contributed by atoms with Crippen molar-refractivity contribution in [3.63, 3.8) is 0 Å². The van der Waals surface area contributed by atoms with Gasteiger partial charge < -0.3 is 9.84 Å². The van der Waals surface area contributed by atoms with Crippen LogP contribution >= 0.6 is 11.6 Å². The van der Waals surface area contributed by atoms with E-state index in [9.17, 15) is 9.90 Å². The molecule has 0 bridgehead atoms. The first kappa shape index (κ1) is 20.0. The molecule has 160 valence electrons. The molecular formula is C23H23ClN4O3. The summed E-state index contributed by atoms with van der Waals surface area (Å²) in [6.07, 6.45) is 9.57. The molecule has 1 N–H and O–H groups in total. The minimum Gasteiger partial charge on any atom is -0.471 e. The lowest BCUT2D eigenvalue weighted by molar-refractivity contribution is 0.0127. The molecule has 31 heavy (non-hydrogen) atoms. The average molecular weight is 439 g/mol. The Bertz CT molecular complexity index is 1110. The Kier molecular flexibility index (Phi) is 5.16. The molecule has 1 fully saturated rings. The van der Waals surface area contributed by atoms with E-state index in [1.54, 1.807) is 17.4 Å². The maximum Gasteiger partial charge on any atom is 0.260 e. The van der Waals surface area contributed by atoms with E-state index in [-0.39, 0.29) is 18.7 Å². The van der Waals surface area contributed by atoms with Crippen LogP contribution in [0.2, 0.25) is 5.02 Å². The molecule has 5 rings (SSSR count). The Morgan fingerprint density at radius 1 is 1.32 bits per heavy atom. The fourth-order valence-electron chi connectivity index (χ4n) is 4.43. The summed E-state index contributed by atoms with van der Waals surface area (Å²) in [6.45, 7) is 2.05. The minimum atomic E-state index is -0.505. The molecule has 0 radical (unpaired) electrons. The molecule has 0 spiro atoms. The van der Waals surface area contributed by atoms with Gasteiger partial charge in [-0.25, -0.2) is 9.97 Å². The van der Waals surface area contributed by atoms with Gasteiger partial charge in [0.25, 0.3) is 5.91 Å². The number of nitrogens with zero attached hydrogens (tertiary/aromatic N) is 4. The summed E-state index contributed by atoms with van der Waals surface area (Å²) in [5.74, 6) is 1.09. The van der Waals surface area contributed by atoms with Crippen molar-refractivity contribution >= 4 is 17.5 Å². The monoisotopic (exact) mass is 438 g/mol. The number of carbonyl (C=O) groups is 1. The summed E-state index contributed by atoms with van der Waals surface area (Å²) in [4.78, 5) is 23.4. The largest absolute Gasteiger partial charge is 0.471 e. The molecule has 1 aromatic carbocycles. The molecule has 7 nitrogen and oxygen atoms in total. The summed E-state index contributed by atoms with van der Waals surface area (Å²) in [5.41, 5.74) is 3.31. The van der Waals surface area contributed by atoms with Gasteiger partial charge >= 0.3 is 0 Å². The van der Waals surface area contributed by atoms with Gasteiger partial charge in [-0.1, -0.05) is 17.7 Å². The van der Waals surface area contributed by atoms with E-state index in [0.717, 1.165) is 35.3 Å². The van der Waals surface area contributed by atoms with Crippen LogP contribution in [0.3, 0.4) is 0 Å². The van der Waals surface area contributed by atoms with Crippen LogP contribution in [0.4, 0.5) is 0 Å². The second-order valence-corrected chi connectivity index (χ2v) is 8.51. The average Bonchev–Trinajstić information content (AvgIpc) is 3.45. The van der Waals surface area contributed by atoms with Gasteiger partial charge in [0, 0.05) is 18.6 Å². The normalized spacial score (nSPS) is 20.6. The highest BCUT2D eigenvalue weighted by Gasteiger charge is 2.38. The van der Waals surface area contributed by atoms with Crippen LogP contribution in [0.25, 0.3) is 5.82 Å². The minimum absolute atomic E-state index is 0.117. The second-order valence-electron chi connectivity index (χ2n) is 8.14. The maximum absolute atomic E-state index is 13.2. The molecular weight excluding hydrogens is 416 g/mol. The van der Waals surface area contributed by atoms with E-state index < -0.39 is 6.10 Å². The van der Waals surface area contributed by atoms with Gasteiger partial charge in [-0.3, -0.25) is 14.3 Å². The number of aliphatic hydroxyl groups excluding tert-OH is 1. The van der Waals surface area contributed by atoms with Crippen LogP contribution in [-0.2, 0) is 6.42 Å². The zero-order valence-corrected chi connectivity index (χ0v) is 17.9. The highest BCUT2D eigenvalue weighted by atomic mass is 35.5. The van der Waals surface area contributed by atoms with Crippen LogP contribution in [0.1, 0.15) is 46.3 Å². The molecule has 1 aliphatic heterocycles. The third-order valence-electron chi connectivity index (χ3n) is 6.23. The number of aromatic nitrogens is 3. The highest BCUT2D eigenvalue weighted by Crippen LogP contribution is 2.39. The SMILES string of the molecule is Cc1c(Cc2ccc(-n3ccnc3)nc2)cc2c(c1Cl)OCN([C@@H]1CCC[C@H]1O)C2=O. The maximum atomic E-state index is 13.2. The molecule has 2 aromatic heterocycles. The number of rotatable bonds is 4. The first-order chi connectivity index (χ1) is 15.0. The van der Waals surface area contributed by atoms with E-state index in [0.29, 0.717) is 29.2 Å². The van der Waals surface area contributed by atoms with Gasteiger partial charge in [0.1, 0.15) is 12.1 Å². The topological polar surface area (TPSA) is 80.5 Å². The second kappa shape index (κ2) is 7.98. The van der Waals surface area contributed by atoms with Gasteiger partial charge in [-0.15, -0.1) is 0 Å². The third kappa shape index (κ3) is 3.58. The van der Waals surface area contributed by atoms with Gasteiger partial charge in [0.2, 0.25) is 0 Å². The summed E-state index contributed by atoms with van der Waals surface area (Å²) in [5, 5.41) is 10.7. The Hall–Kier alpha value is -2.90. The summed E-state index contributed by atoms with van der Waals surface area (Å²) in [7, 11) is 0. The van der Waals surface area contributed by atoms with Gasteiger partial charge in [-0.05, 0) is 61.4 Å². The van der Waals surface area contributed by atoms with Gasteiger partial charge in [-0.2, -0.15) is 0 Å². The first-order valence-electron chi connectivity index (χ1n) is 10.4. The van der Waals surface area contributed by atoms with E-state index in [1.165, 1.54) is 0 Å². The fourth-order valence-corrected chi connectivity index (χ4v) is 4.71. The van der Waals surface area contributed by atoms with Crippen molar-refractivity contribution in [1.82, 2.24) is 19.4 Å². The third-order valence-corrected chi connectivity index (χ3v) is 6.68. The first-order valence-corrected chi connectivity index (χ1v) is 10.8. The van der Waals surface area contributed by atoms with Crippen LogP contribution in [0.5, 0.6) is 5.75 Å². The molecule has 8 heteroatoms. The number of hydrogen-bond acceptors (Lipinski definition) is 5. The standard InChI is InChI=1S/C23H23ClN4O3/c1-14-16(9-15-5-6-20(26-11-15)27-8-7-25-12-27)10-17-22(21(14)24)31-13-28(23(17)30)18-3-2-4-19(18)29/h5-8,10-12,18-19,29H,2-4,9,13H2,1H3/t18-,19-/m1/s1. The number of amides is 1. The van der Waals surface area contributed by atoms with Crippen molar-refractivity contribution in [3.05, 3.63) is 70.4 Å².